The van der Waals surface area contributed by atoms with Crippen molar-refractivity contribution in [2.24, 2.45) is 5.92 Å². The summed E-state index contributed by atoms with van der Waals surface area (Å²) >= 11 is 0. The number of rotatable bonds is 6. The third kappa shape index (κ3) is 4.38. The van der Waals surface area contributed by atoms with Crippen LogP contribution in [0.5, 0.6) is 11.5 Å². The number of fused-ring (bicyclic) bond motifs is 3. The Bertz CT molecular complexity index is 801. The first-order valence-electron chi connectivity index (χ1n) is 10.0. The Labute approximate surface area is 179 Å². The molecule has 1 N–H and O–H groups in total. The molecule has 2 aliphatic rings. The number of methoxy groups -OCH3 is 2. The minimum atomic E-state index is 0. The molecular weight excluding hydrogens is 390 g/mol. The summed E-state index contributed by atoms with van der Waals surface area (Å²) in [6, 6.07) is 14.9. The number of aliphatic hydroxyl groups is 1. The van der Waals surface area contributed by atoms with E-state index in [1.165, 1.54) is 16.7 Å². The van der Waals surface area contributed by atoms with Crippen LogP contribution in [0.1, 0.15) is 29.2 Å². The Morgan fingerprint density at radius 1 is 1.10 bits per heavy atom. The fourth-order valence-corrected chi connectivity index (χ4v) is 4.60. The van der Waals surface area contributed by atoms with Crippen molar-refractivity contribution in [3.63, 3.8) is 0 Å². The summed E-state index contributed by atoms with van der Waals surface area (Å²) < 4.78 is 17.2. The highest BCUT2D eigenvalue weighted by molar-refractivity contribution is 5.85. The van der Waals surface area contributed by atoms with Crippen molar-refractivity contribution < 1.29 is 19.3 Å². The SMILES string of the molecule is COc1cc2c(cc1OC)C1C(CO)COC(CCc3ccccc3)N1CC2.Cl. The zero-order valence-corrected chi connectivity index (χ0v) is 17.9. The number of nitrogens with zero attached hydrogens (tertiary/aromatic N) is 1. The number of benzene rings is 2. The lowest BCUT2D eigenvalue weighted by atomic mass is 9.83. The fourth-order valence-electron chi connectivity index (χ4n) is 4.60. The smallest absolute Gasteiger partial charge is 0.161 e. The molecule has 3 unspecified atom stereocenters. The van der Waals surface area contributed by atoms with Gasteiger partial charge in [0.15, 0.2) is 11.5 Å². The van der Waals surface area contributed by atoms with Crippen molar-refractivity contribution in [1.82, 2.24) is 4.90 Å². The second-order valence-electron chi connectivity index (χ2n) is 7.59. The van der Waals surface area contributed by atoms with Crippen LogP contribution in [-0.4, -0.2) is 50.2 Å². The second-order valence-corrected chi connectivity index (χ2v) is 7.59. The molecule has 2 aromatic carbocycles. The van der Waals surface area contributed by atoms with Gasteiger partial charge in [0.1, 0.15) is 6.23 Å². The topological polar surface area (TPSA) is 51.2 Å². The van der Waals surface area contributed by atoms with Crippen LogP contribution in [0.15, 0.2) is 42.5 Å². The van der Waals surface area contributed by atoms with Gasteiger partial charge in [-0.1, -0.05) is 30.3 Å². The van der Waals surface area contributed by atoms with Gasteiger partial charge < -0.3 is 19.3 Å². The van der Waals surface area contributed by atoms with Gasteiger partial charge in [-0.05, 0) is 48.1 Å². The molecule has 0 aromatic heterocycles. The molecule has 0 saturated carbocycles. The fraction of sp³-hybridized carbons (Fsp3) is 0.478. The number of ether oxygens (including phenoxy) is 3. The molecule has 1 fully saturated rings. The zero-order valence-electron chi connectivity index (χ0n) is 17.0. The predicted octanol–water partition coefficient (Wildman–Crippen LogP) is 3.62. The number of halogens is 1. The summed E-state index contributed by atoms with van der Waals surface area (Å²) in [6.07, 6.45) is 2.93. The van der Waals surface area contributed by atoms with Crippen LogP contribution in [0, 0.1) is 5.92 Å². The van der Waals surface area contributed by atoms with E-state index in [0.717, 1.165) is 37.3 Å². The molecule has 0 bridgehead atoms. The first kappa shape index (κ1) is 21.9. The minimum Gasteiger partial charge on any atom is -0.493 e. The van der Waals surface area contributed by atoms with Crippen molar-refractivity contribution in [2.45, 2.75) is 31.5 Å². The minimum absolute atomic E-state index is 0. The maximum absolute atomic E-state index is 10.0. The van der Waals surface area contributed by atoms with Crippen molar-refractivity contribution in [3.8, 4) is 11.5 Å². The van der Waals surface area contributed by atoms with Gasteiger partial charge in [-0.15, -0.1) is 12.4 Å². The summed E-state index contributed by atoms with van der Waals surface area (Å²) in [5.74, 6) is 1.57. The molecule has 1 saturated heterocycles. The summed E-state index contributed by atoms with van der Waals surface area (Å²) in [7, 11) is 3.34. The van der Waals surface area contributed by atoms with E-state index >= 15 is 0 Å². The van der Waals surface area contributed by atoms with E-state index in [0.29, 0.717) is 6.61 Å². The second kappa shape index (κ2) is 9.81. The lowest BCUT2D eigenvalue weighted by molar-refractivity contribution is -0.165. The molecular formula is C23H30ClNO4. The molecule has 5 nitrogen and oxygen atoms in total. The Hall–Kier alpha value is -1.79. The predicted molar refractivity (Wildman–Crippen MR) is 115 cm³/mol. The van der Waals surface area contributed by atoms with Gasteiger partial charge in [-0.2, -0.15) is 0 Å². The third-order valence-electron chi connectivity index (χ3n) is 6.04. The van der Waals surface area contributed by atoms with E-state index < -0.39 is 0 Å². The maximum atomic E-state index is 10.0. The van der Waals surface area contributed by atoms with E-state index in [9.17, 15) is 5.11 Å². The first-order valence-corrected chi connectivity index (χ1v) is 10.0. The maximum Gasteiger partial charge on any atom is 0.161 e. The summed E-state index contributed by atoms with van der Waals surface area (Å²) in [6.45, 7) is 1.61. The molecule has 2 aromatic rings. The molecule has 3 atom stereocenters. The normalized spacial score (nSPS) is 23.5. The Balaban J connectivity index is 0.00000240. The molecule has 0 spiro atoms. The molecule has 2 heterocycles. The van der Waals surface area contributed by atoms with Gasteiger partial charge in [-0.25, -0.2) is 0 Å². The Morgan fingerprint density at radius 2 is 1.83 bits per heavy atom. The Morgan fingerprint density at radius 3 is 2.52 bits per heavy atom. The highest BCUT2D eigenvalue weighted by atomic mass is 35.5. The van der Waals surface area contributed by atoms with Gasteiger partial charge in [0, 0.05) is 25.1 Å². The van der Waals surface area contributed by atoms with Gasteiger partial charge in [0.25, 0.3) is 0 Å². The number of aliphatic hydroxyl groups excluding tert-OH is 1. The molecule has 0 radical (unpaired) electrons. The van der Waals surface area contributed by atoms with Crippen LogP contribution in [0.2, 0.25) is 0 Å². The molecule has 2 aliphatic heterocycles. The highest BCUT2D eigenvalue weighted by Crippen LogP contribution is 2.44. The molecule has 6 heteroatoms. The average Bonchev–Trinajstić information content (AvgIpc) is 2.76. The van der Waals surface area contributed by atoms with Gasteiger partial charge >= 0.3 is 0 Å². The number of hydrogen-bond acceptors (Lipinski definition) is 5. The van der Waals surface area contributed by atoms with Crippen LogP contribution >= 0.6 is 12.4 Å². The molecule has 29 heavy (non-hydrogen) atoms. The van der Waals surface area contributed by atoms with Crippen LogP contribution in [0.3, 0.4) is 0 Å². The standard InChI is InChI=1S/C23H29NO4.ClH/c1-26-20-12-17-10-11-24-22(9-8-16-6-4-3-5-7-16)28-15-18(14-25)23(24)19(17)13-21(20)27-2;/h3-7,12-13,18,22-23,25H,8-11,14-15H2,1-2H3;1H. The van der Waals surface area contributed by atoms with Crippen molar-refractivity contribution in [1.29, 1.82) is 0 Å². The van der Waals surface area contributed by atoms with Crippen molar-refractivity contribution in [2.75, 3.05) is 34.0 Å². The Kier molecular flexibility index (Phi) is 7.41. The molecule has 0 amide bonds. The van der Waals surface area contributed by atoms with Crippen LogP contribution < -0.4 is 9.47 Å². The summed E-state index contributed by atoms with van der Waals surface area (Å²) in [4.78, 5) is 2.43. The van der Waals surface area contributed by atoms with Gasteiger partial charge in [-0.3, -0.25) is 4.90 Å². The van der Waals surface area contributed by atoms with E-state index in [-0.39, 0.29) is 37.2 Å². The first-order chi connectivity index (χ1) is 13.7. The monoisotopic (exact) mass is 419 g/mol. The van der Waals surface area contributed by atoms with Crippen molar-refractivity contribution >= 4 is 12.4 Å². The van der Waals surface area contributed by atoms with Crippen LogP contribution in [0.4, 0.5) is 0 Å². The lowest BCUT2D eigenvalue weighted by Gasteiger charge is -2.49. The van der Waals surface area contributed by atoms with E-state index in [1.54, 1.807) is 14.2 Å². The van der Waals surface area contributed by atoms with Crippen molar-refractivity contribution in [3.05, 3.63) is 59.2 Å². The van der Waals surface area contributed by atoms with E-state index in [2.05, 4.69) is 41.3 Å². The summed E-state index contributed by atoms with van der Waals surface area (Å²) in [5.41, 5.74) is 3.84. The molecule has 158 valence electrons. The molecule has 4 rings (SSSR count). The average molecular weight is 420 g/mol. The largest absolute Gasteiger partial charge is 0.493 e. The highest BCUT2D eigenvalue weighted by Gasteiger charge is 2.41. The lowest BCUT2D eigenvalue weighted by Crippen LogP contribution is -2.53. The van der Waals surface area contributed by atoms with Gasteiger partial charge in [0.2, 0.25) is 0 Å². The number of hydrogen-bond donors (Lipinski definition) is 1. The van der Waals surface area contributed by atoms with Gasteiger partial charge in [0.05, 0.1) is 20.8 Å². The molecule has 0 aliphatic carbocycles. The van der Waals surface area contributed by atoms with Crippen LogP contribution in [-0.2, 0) is 17.6 Å². The van der Waals surface area contributed by atoms with E-state index in [4.69, 9.17) is 14.2 Å². The van der Waals surface area contributed by atoms with Crippen LogP contribution in [0.25, 0.3) is 0 Å². The summed E-state index contributed by atoms with van der Waals surface area (Å²) in [5, 5.41) is 10.0. The van der Waals surface area contributed by atoms with E-state index in [1.807, 2.05) is 6.07 Å². The number of aryl methyl sites for hydroxylation is 1. The third-order valence-corrected chi connectivity index (χ3v) is 6.04. The quantitative estimate of drug-likeness (QED) is 0.774. The zero-order chi connectivity index (χ0) is 19.5.